The van der Waals surface area contributed by atoms with Gasteiger partial charge in [-0.3, -0.25) is 5.10 Å². The van der Waals surface area contributed by atoms with Crippen LogP contribution in [-0.2, 0) is 5.54 Å². The molecule has 3 N–H and O–H groups in total. The minimum Gasteiger partial charge on any atom is -0.326 e. The first-order valence-electron chi connectivity index (χ1n) is 7.69. The molecule has 0 aliphatic carbocycles. The highest BCUT2D eigenvalue weighted by Gasteiger charge is 2.29. The molecule has 124 valence electrons. The van der Waals surface area contributed by atoms with Crippen molar-refractivity contribution in [3.05, 3.63) is 53.1 Å². The smallest absolute Gasteiger partial charge is 0.320 e. The molecule has 1 aromatic carbocycles. The summed E-state index contributed by atoms with van der Waals surface area (Å²) in [6.07, 6.45) is 4.22. The van der Waals surface area contributed by atoms with Crippen LogP contribution in [0, 0.1) is 0 Å². The van der Waals surface area contributed by atoms with Gasteiger partial charge in [-0.2, -0.15) is 5.10 Å². The second-order valence-electron chi connectivity index (χ2n) is 5.65. The number of aromatic amines is 1. The second kappa shape index (κ2) is 6.84. The molecule has 2 heterocycles. The Morgan fingerprint density at radius 2 is 2.04 bits per heavy atom. The van der Waals surface area contributed by atoms with Gasteiger partial charge in [0, 0.05) is 23.5 Å². The molecular formula is C17H19N5OS. The number of urea groups is 1. The molecule has 0 radical (unpaired) electrons. The molecule has 3 aromatic rings. The average molecular weight is 341 g/mol. The van der Waals surface area contributed by atoms with Gasteiger partial charge < -0.3 is 10.6 Å². The zero-order chi connectivity index (χ0) is 17.0. The molecule has 0 spiro atoms. The van der Waals surface area contributed by atoms with E-state index in [9.17, 15) is 4.79 Å². The number of hydrogen-bond acceptors (Lipinski definition) is 4. The van der Waals surface area contributed by atoms with Crippen LogP contribution in [0.5, 0.6) is 0 Å². The number of benzene rings is 1. The maximum absolute atomic E-state index is 12.3. The van der Waals surface area contributed by atoms with Crippen LogP contribution in [0.3, 0.4) is 0 Å². The van der Waals surface area contributed by atoms with E-state index < -0.39 is 5.54 Å². The molecule has 7 heteroatoms. The number of carbonyl (C=O) groups excluding carboxylic acids is 1. The van der Waals surface area contributed by atoms with Crippen molar-refractivity contribution < 1.29 is 4.79 Å². The van der Waals surface area contributed by atoms with E-state index in [1.807, 2.05) is 49.6 Å². The summed E-state index contributed by atoms with van der Waals surface area (Å²) in [4.78, 5) is 16.7. The van der Waals surface area contributed by atoms with Crippen molar-refractivity contribution in [2.24, 2.45) is 0 Å². The number of rotatable bonds is 5. The van der Waals surface area contributed by atoms with Crippen LogP contribution in [-0.4, -0.2) is 21.2 Å². The standard InChI is InChI=1S/C17H19N5OS/c1-3-17(2,15-18-10-11-24-15)21-16(23)20-13-6-4-12(5-7-13)14-8-9-19-22-14/h4-11H,3H2,1-2H3,(H,19,22)(H2,20,21,23)/t17-/m1/s1. The van der Waals surface area contributed by atoms with Gasteiger partial charge in [0.1, 0.15) is 5.01 Å². The Labute approximate surface area is 144 Å². The lowest BCUT2D eigenvalue weighted by molar-refractivity contribution is 0.238. The normalized spacial score (nSPS) is 13.2. The molecule has 0 bridgehead atoms. The van der Waals surface area contributed by atoms with Crippen LogP contribution in [0.1, 0.15) is 25.3 Å². The molecule has 1 atom stereocenters. The van der Waals surface area contributed by atoms with Crippen molar-refractivity contribution in [2.75, 3.05) is 5.32 Å². The SMILES string of the molecule is CC[C@@](C)(NC(=O)Nc1ccc(-c2ccn[nH]2)cc1)c1nccs1. The molecule has 0 aliphatic heterocycles. The molecule has 2 aromatic heterocycles. The molecule has 0 saturated carbocycles. The van der Waals surface area contributed by atoms with E-state index in [1.165, 1.54) is 0 Å². The summed E-state index contributed by atoms with van der Waals surface area (Å²) < 4.78 is 0. The summed E-state index contributed by atoms with van der Waals surface area (Å²) in [6, 6.07) is 9.25. The molecule has 6 nitrogen and oxygen atoms in total. The van der Waals surface area contributed by atoms with Crippen molar-refractivity contribution in [3.8, 4) is 11.3 Å². The van der Waals surface area contributed by atoms with E-state index in [0.29, 0.717) is 0 Å². The van der Waals surface area contributed by atoms with E-state index in [-0.39, 0.29) is 6.03 Å². The van der Waals surface area contributed by atoms with Gasteiger partial charge in [0.05, 0.1) is 11.2 Å². The number of thiazole rings is 1. The Morgan fingerprint density at radius 3 is 2.62 bits per heavy atom. The topological polar surface area (TPSA) is 82.7 Å². The van der Waals surface area contributed by atoms with E-state index in [0.717, 1.165) is 28.4 Å². The first-order valence-corrected chi connectivity index (χ1v) is 8.57. The summed E-state index contributed by atoms with van der Waals surface area (Å²) >= 11 is 1.54. The lowest BCUT2D eigenvalue weighted by atomic mass is 10.0. The molecule has 3 rings (SSSR count). The molecule has 0 saturated heterocycles. The van der Waals surface area contributed by atoms with Gasteiger partial charge in [-0.05, 0) is 37.1 Å². The maximum atomic E-state index is 12.3. The van der Waals surface area contributed by atoms with Gasteiger partial charge in [-0.25, -0.2) is 9.78 Å². The fourth-order valence-electron chi connectivity index (χ4n) is 2.35. The number of hydrogen-bond donors (Lipinski definition) is 3. The van der Waals surface area contributed by atoms with E-state index in [4.69, 9.17) is 0 Å². The summed E-state index contributed by atoms with van der Waals surface area (Å²) in [6.45, 7) is 4.01. The number of amides is 2. The zero-order valence-electron chi connectivity index (χ0n) is 13.5. The molecule has 0 unspecified atom stereocenters. The summed E-state index contributed by atoms with van der Waals surface area (Å²) in [5, 5.41) is 15.5. The third-order valence-electron chi connectivity index (χ3n) is 3.96. The predicted molar refractivity (Wildman–Crippen MR) is 95.9 cm³/mol. The van der Waals surface area contributed by atoms with Crippen LogP contribution in [0.15, 0.2) is 48.1 Å². The van der Waals surface area contributed by atoms with Crippen LogP contribution >= 0.6 is 11.3 Å². The van der Waals surface area contributed by atoms with Gasteiger partial charge in [-0.15, -0.1) is 11.3 Å². The van der Waals surface area contributed by atoms with Gasteiger partial charge in [0.2, 0.25) is 0 Å². The lowest BCUT2D eigenvalue weighted by Crippen LogP contribution is -2.45. The fourth-order valence-corrected chi connectivity index (χ4v) is 3.18. The summed E-state index contributed by atoms with van der Waals surface area (Å²) in [5.74, 6) is 0. The van der Waals surface area contributed by atoms with Gasteiger partial charge in [0.25, 0.3) is 0 Å². The van der Waals surface area contributed by atoms with Crippen LogP contribution in [0.2, 0.25) is 0 Å². The van der Waals surface area contributed by atoms with E-state index >= 15 is 0 Å². The number of nitrogens with zero attached hydrogens (tertiary/aromatic N) is 2. The summed E-state index contributed by atoms with van der Waals surface area (Å²) in [5.41, 5.74) is 2.20. The van der Waals surface area contributed by atoms with Crippen molar-refractivity contribution in [3.63, 3.8) is 0 Å². The first-order chi connectivity index (χ1) is 11.6. The molecule has 2 amide bonds. The molecule has 24 heavy (non-hydrogen) atoms. The number of H-pyrrole nitrogens is 1. The third-order valence-corrected chi connectivity index (χ3v) is 4.99. The van der Waals surface area contributed by atoms with Crippen molar-refractivity contribution in [2.45, 2.75) is 25.8 Å². The van der Waals surface area contributed by atoms with Gasteiger partial charge in [-0.1, -0.05) is 19.1 Å². The summed E-state index contributed by atoms with van der Waals surface area (Å²) in [7, 11) is 0. The number of aromatic nitrogens is 3. The number of nitrogens with one attached hydrogen (secondary N) is 3. The van der Waals surface area contributed by atoms with Crippen molar-refractivity contribution >= 4 is 23.1 Å². The minimum atomic E-state index is -0.478. The first kappa shape index (κ1) is 16.2. The van der Waals surface area contributed by atoms with Crippen molar-refractivity contribution in [1.29, 1.82) is 0 Å². The highest BCUT2D eigenvalue weighted by Crippen LogP contribution is 2.26. The lowest BCUT2D eigenvalue weighted by Gasteiger charge is -2.27. The minimum absolute atomic E-state index is 0.246. The Balaban J connectivity index is 1.66. The van der Waals surface area contributed by atoms with Gasteiger partial charge in [0.15, 0.2) is 0 Å². The van der Waals surface area contributed by atoms with E-state index in [2.05, 4.69) is 25.8 Å². The highest BCUT2D eigenvalue weighted by atomic mass is 32.1. The quantitative estimate of drug-likeness (QED) is 0.656. The monoisotopic (exact) mass is 341 g/mol. The van der Waals surface area contributed by atoms with Crippen LogP contribution in [0.4, 0.5) is 10.5 Å². The molecular weight excluding hydrogens is 322 g/mol. The van der Waals surface area contributed by atoms with Gasteiger partial charge >= 0.3 is 6.03 Å². The third kappa shape index (κ3) is 3.46. The van der Waals surface area contributed by atoms with Crippen LogP contribution < -0.4 is 10.6 Å². The van der Waals surface area contributed by atoms with Crippen molar-refractivity contribution in [1.82, 2.24) is 20.5 Å². The highest BCUT2D eigenvalue weighted by molar-refractivity contribution is 7.09. The Bertz CT molecular complexity index is 783. The zero-order valence-corrected chi connectivity index (χ0v) is 14.4. The average Bonchev–Trinajstić information content (AvgIpc) is 3.29. The molecule has 0 aliphatic rings. The molecule has 0 fully saturated rings. The number of carbonyl (C=O) groups is 1. The predicted octanol–water partition coefficient (Wildman–Crippen LogP) is 3.98. The fraction of sp³-hybridized carbons (Fsp3) is 0.235. The Hall–Kier alpha value is -2.67. The maximum Gasteiger partial charge on any atom is 0.320 e. The number of anilines is 1. The van der Waals surface area contributed by atoms with Crippen LogP contribution in [0.25, 0.3) is 11.3 Å². The largest absolute Gasteiger partial charge is 0.326 e. The van der Waals surface area contributed by atoms with E-state index in [1.54, 1.807) is 23.7 Å². The Morgan fingerprint density at radius 1 is 1.25 bits per heavy atom. The Kier molecular flexibility index (Phi) is 4.61. The second-order valence-corrected chi connectivity index (χ2v) is 6.54.